The Hall–Kier alpha value is -3.55. The first-order chi connectivity index (χ1) is 17.5. The number of guanidine groups is 1. The molecule has 2 atom stereocenters. The fourth-order valence-electron chi connectivity index (χ4n) is 3.49. The van der Waals surface area contributed by atoms with Crippen LogP contribution in [0.25, 0.3) is 0 Å². The molecule has 0 radical (unpaired) electrons. The summed E-state index contributed by atoms with van der Waals surface area (Å²) in [5.41, 5.74) is 0.636. The van der Waals surface area contributed by atoms with Crippen molar-refractivity contribution in [3.8, 4) is 11.5 Å². The molecular formula is C23H25BrClN5O7. The maximum Gasteiger partial charge on any atom is 0.305 e. The molecule has 198 valence electrons. The van der Waals surface area contributed by atoms with Crippen molar-refractivity contribution >= 4 is 57.0 Å². The molecule has 0 fully saturated rings. The summed E-state index contributed by atoms with van der Waals surface area (Å²) in [5, 5.41) is 49.9. The number of aliphatic hydroxyl groups is 1. The van der Waals surface area contributed by atoms with Crippen molar-refractivity contribution in [1.29, 1.82) is 0 Å². The summed E-state index contributed by atoms with van der Waals surface area (Å²) >= 11 is 9.19. The Kier molecular flexibility index (Phi) is 9.55. The van der Waals surface area contributed by atoms with Gasteiger partial charge in [0.2, 0.25) is 5.91 Å². The smallest absolute Gasteiger partial charge is 0.305 e. The molecule has 1 aliphatic rings. The Balaban J connectivity index is 1.59. The summed E-state index contributed by atoms with van der Waals surface area (Å²) in [4.78, 5) is 40.5. The van der Waals surface area contributed by atoms with Crippen molar-refractivity contribution < 1.29 is 34.8 Å². The number of rotatable bonds is 9. The van der Waals surface area contributed by atoms with Gasteiger partial charge in [0.1, 0.15) is 11.5 Å². The molecule has 14 heteroatoms. The number of halogens is 2. The highest BCUT2D eigenvalue weighted by atomic mass is 79.9. The molecule has 2 aromatic rings. The fraction of sp³-hybridized carbons (Fsp3) is 0.304. The summed E-state index contributed by atoms with van der Waals surface area (Å²) in [6, 6.07) is 5.96. The standard InChI is InChI=1S/C23H25BrClN5O7/c24-12-5-16(21(36)17(25)6-12)18(8-20(34)35)30-19(33)1-2-26-22(37)11-3-13(7-14(31)4-11)29-23-27-9-15(32)10-28-23/h3-7,15,18,31-32,36H,1-2,8-10H2,(H,26,37)(H,30,33)(H,34,35)(H2,27,28,29). The van der Waals surface area contributed by atoms with Crippen molar-refractivity contribution in [2.45, 2.75) is 25.0 Å². The number of nitrogens with one attached hydrogen (secondary N) is 4. The van der Waals surface area contributed by atoms with Gasteiger partial charge < -0.3 is 41.7 Å². The second kappa shape index (κ2) is 12.6. The second-order valence-electron chi connectivity index (χ2n) is 8.17. The lowest BCUT2D eigenvalue weighted by molar-refractivity contribution is -0.137. The quantitative estimate of drug-likeness (QED) is 0.212. The molecule has 0 aromatic heterocycles. The summed E-state index contributed by atoms with van der Waals surface area (Å²) in [7, 11) is 0. The maximum atomic E-state index is 12.6. The Bertz CT molecular complexity index is 1230. The minimum atomic E-state index is -1.20. The van der Waals surface area contributed by atoms with Crippen molar-refractivity contribution in [1.82, 2.24) is 16.0 Å². The van der Waals surface area contributed by atoms with Crippen molar-refractivity contribution in [2.75, 3.05) is 25.0 Å². The molecule has 2 unspecified atom stereocenters. The predicted octanol–water partition coefficient (Wildman–Crippen LogP) is 1.70. The number of nitrogens with zero attached hydrogens (tertiary/aromatic N) is 1. The van der Waals surface area contributed by atoms with Gasteiger partial charge in [0.05, 0.1) is 30.1 Å². The van der Waals surface area contributed by atoms with Crippen LogP contribution in [0.2, 0.25) is 5.02 Å². The maximum absolute atomic E-state index is 12.6. The first-order valence-electron chi connectivity index (χ1n) is 11.1. The van der Waals surface area contributed by atoms with Crippen LogP contribution in [-0.4, -0.2) is 69.9 Å². The van der Waals surface area contributed by atoms with E-state index in [4.69, 9.17) is 11.6 Å². The molecule has 8 N–H and O–H groups in total. The van der Waals surface area contributed by atoms with E-state index in [1.807, 2.05) is 0 Å². The highest BCUT2D eigenvalue weighted by Gasteiger charge is 2.23. The van der Waals surface area contributed by atoms with E-state index >= 15 is 0 Å². The van der Waals surface area contributed by atoms with Crippen LogP contribution < -0.4 is 21.3 Å². The van der Waals surface area contributed by atoms with Crippen LogP contribution in [0.3, 0.4) is 0 Å². The highest BCUT2D eigenvalue weighted by Crippen LogP contribution is 2.36. The third-order valence-corrected chi connectivity index (χ3v) is 5.94. The lowest BCUT2D eigenvalue weighted by Gasteiger charge is -2.20. The fourth-order valence-corrected chi connectivity index (χ4v) is 4.32. The van der Waals surface area contributed by atoms with Gasteiger partial charge in [-0.15, -0.1) is 0 Å². The Labute approximate surface area is 224 Å². The molecule has 12 nitrogen and oxygen atoms in total. The zero-order valence-electron chi connectivity index (χ0n) is 19.3. The molecule has 1 heterocycles. The molecule has 0 saturated carbocycles. The number of carboxylic acids is 1. The number of hydrogen-bond acceptors (Lipinski definition) is 9. The summed E-state index contributed by atoms with van der Waals surface area (Å²) in [6.45, 7) is 0.437. The number of amides is 2. The van der Waals surface area contributed by atoms with E-state index in [9.17, 15) is 34.8 Å². The summed E-state index contributed by atoms with van der Waals surface area (Å²) in [5.74, 6) is -2.46. The number of benzene rings is 2. The first kappa shape index (κ1) is 28.0. The van der Waals surface area contributed by atoms with Gasteiger partial charge >= 0.3 is 5.97 Å². The van der Waals surface area contributed by atoms with E-state index in [0.717, 1.165) is 0 Å². The normalized spacial score (nSPS) is 15.6. The van der Waals surface area contributed by atoms with Crippen molar-refractivity contribution in [3.63, 3.8) is 0 Å². The van der Waals surface area contributed by atoms with E-state index in [1.54, 1.807) is 0 Å². The molecule has 0 saturated heterocycles. The Morgan fingerprint density at radius 2 is 1.95 bits per heavy atom. The molecule has 2 aromatic carbocycles. The minimum absolute atomic E-state index is 0.00909. The second-order valence-corrected chi connectivity index (χ2v) is 9.49. The number of anilines is 1. The molecule has 0 spiro atoms. The number of aliphatic hydroxyl groups excluding tert-OH is 1. The third kappa shape index (κ3) is 8.23. The molecule has 0 bridgehead atoms. The Morgan fingerprint density at radius 1 is 1.19 bits per heavy atom. The van der Waals surface area contributed by atoms with E-state index < -0.39 is 36.4 Å². The van der Waals surface area contributed by atoms with Crippen LogP contribution >= 0.6 is 27.5 Å². The molecular weight excluding hydrogens is 574 g/mol. The number of aliphatic imine (C=N–C) groups is 1. The predicted molar refractivity (Wildman–Crippen MR) is 139 cm³/mol. The number of carboxylic acid groups (broad SMARTS) is 1. The van der Waals surface area contributed by atoms with Gasteiger partial charge in [0.15, 0.2) is 5.96 Å². The molecule has 37 heavy (non-hydrogen) atoms. The van der Waals surface area contributed by atoms with Gasteiger partial charge in [-0.3, -0.25) is 19.4 Å². The molecule has 3 rings (SSSR count). The van der Waals surface area contributed by atoms with E-state index in [1.165, 1.54) is 30.3 Å². The van der Waals surface area contributed by atoms with Gasteiger partial charge in [-0.2, -0.15) is 0 Å². The number of hydrogen-bond donors (Lipinski definition) is 8. The number of aromatic hydroxyl groups is 2. The number of carbonyl (C=O) groups is 3. The van der Waals surface area contributed by atoms with Gasteiger partial charge in [0.25, 0.3) is 5.91 Å². The number of aliphatic carboxylic acids is 1. The molecule has 1 aliphatic heterocycles. The van der Waals surface area contributed by atoms with Crippen molar-refractivity contribution in [2.24, 2.45) is 4.99 Å². The van der Waals surface area contributed by atoms with Crippen molar-refractivity contribution in [3.05, 3.63) is 51.0 Å². The minimum Gasteiger partial charge on any atom is -0.508 e. The van der Waals surface area contributed by atoms with Crippen LogP contribution in [0.15, 0.2) is 39.8 Å². The van der Waals surface area contributed by atoms with Crippen LogP contribution in [-0.2, 0) is 9.59 Å². The highest BCUT2D eigenvalue weighted by molar-refractivity contribution is 9.10. The lowest BCUT2D eigenvalue weighted by Crippen LogP contribution is -2.42. The number of phenols is 2. The van der Waals surface area contributed by atoms with E-state index in [2.05, 4.69) is 42.2 Å². The first-order valence-corrected chi connectivity index (χ1v) is 12.2. The van der Waals surface area contributed by atoms with Crippen LogP contribution in [0, 0.1) is 0 Å². The zero-order valence-corrected chi connectivity index (χ0v) is 21.6. The number of carbonyl (C=O) groups excluding carboxylic acids is 2. The van der Waals surface area contributed by atoms with Gasteiger partial charge in [-0.25, -0.2) is 0 Å². The van der Waals surface area contributed by atoms with E-state index in [-0.39, 0.29) is 47.2 Å². The molecule has 0 aliphatic carbocycles. The van der Waals surface area contributed by atoms with Crippen LogP contribution in [0.1, 0.15) is 34.8 Å². The molecule has 2 amide bonds. The van der Waals surface area contributed by atoms with Gasteiger partial charge in [0, 0.05) is 46.9 Å². The zero-order chi connectivity index (χ0) is 27.1. The topological polar surface area (TPSA) is 193 Å². The van der Waals surface area contributed by atoms with Crippen LogP contribution in [0.5, 0.6) is 11.5 Å². The number of β-amino-alcohol motifs (C(OH)–C–C–N with tert-alkyl or cyclic N) is 1. The van der Waals surface area contributed by atoms with E-state index in [0.29, 0.717) is 22.7 Å². The average molecular weight is 599 g/mol. The SMILES string of the molecule is O=C(O)CC(NC(=O)CCNC(=O)c1cc(O)cc(NC2=NCC(O)CN2)c1)c1cc(Br)cc(Cl)c1O. The van der Waals surface area contributed by atoms with Crippen LogP contribution in [0.4, 0.5) is 5.69 Å². The van der Waals surface area contributed by atoms with Gasteiger partial charge in [-0.05, 0) is 24.3 Å². The monoisotopic (exact) mass is 597 g/mol. The van der Waals surface area contributed by atoms with Gasteiger partial charge in [-0.1, -0.05) is 27.5 Å². The summed E-state index contributed by atoms with van der Waals surface area (Å²) in [6.07, 6.45) is -1.28. The lowest BCUT2D eigenvalue weighted by atomic mass is 10.0. The summed E-state index contributed by atoms with van der Waals surface area (Å²) < 4.78 is 0.492. The number of phenolic OH excluding ortho intramolecular Hbond substituents is 2. The Morgan fingerprint density at radius 3 is 2.62 bits per heavy atom. The average Bonchev–Trinajstić information content (AvgIpc) is 2.81. The largest absolute Gasteiger partial charge is 0.508 e. The third-order valence-electron chi connectivity index (χ3n) is 5.19.